The second-order valence-corrected chi connectivity index (χ2v) is 3.18. The lowest BCUT2D eigenvalue weighted by Gasteiger charge is -2.00. The number of rotatable bonds is 4. The number of carbonyl (C=O) groups is 1. The average molecular weight is 223 g/mol. The number of nitrogen functional groups attached to an aromatic ring is 1. The quantitative estimate of drug-likeness (QED) is 0.629. The molecule has 0 aliphatic rings. The Balaban J connectivity index is 2.59. The predicted molar refractivity (Wildman–Crippen MR) is 61.1 cm³/mol. The molecule has 2 N–H and O–H groups in total. The highest BCUT2D eigenvalue weighted by Gasteiger charge is 1.99. The van der Waals surface area contributed by atoms with E-state index in [4.69, 9.17) is 10.5 Å². The Bertz CT molecular complexity index is 402. The number of nitrogens with two attached hydrogens (primary N) is 1. The Morgan fingerprint density at radius 2 is 2.31 bits per heavy atom. The van der Waals surface area contributed by atoms with Gasteiger partial charge in [-0.05, 0) is 24.6 Å². The molecule has 0 atom stereocenters. The standard InChI is InChI=1S/C12H14FNO2/c1-2-16-12(15)5-3-4-9-6-7-10(13)8-11(9)14/h3-4,6-8H,2,5,14H2,1H3. The van der Waals surface area contributed by atoms with Gasteiger partial charge in [0, 0.05) is 5.69 Å². The van der Waals surface area contributed by atoms with E-state index >= 15 is 0 Å². The highest BCUT2D eigenvalue weighted by atomic mass is 19.1. The number of hydrogen-bond acceptors (Lipinski definition) is 3. The molecule has 86 valence electrons. The third-order valence-electron chi connectivity index (χ3n) is 1.94. The van der Waals surface area contributed by atoms with Crippen LogP contribution < -0.4 is 5.73 Å². The molecule has 0 radical (unpaired) electrons. The van der Waals surface area contributed by atoms with Crippen molar-refractivity contribution in [2.24, 2.45) is 0 Å². The van der Waals surface area contributed by atoms with Gasteiger partial charge in [0.1, 0.15) is 5.82 Å². The minimum Gasteiger partial charge on any atom is -0.466 e. The van der Waals surface area contributed by atoms with Gasteiger partial charge < -0.3 is 10.5 Å². The first-order chi connectivity index (χ1) is 7.63. The zero-order valence-electron chi connectivity index (χ0n) is 9.07. The van der Waals surface area contributed by atoms with Gasteiger partial charge >= 0.3 is 5.97 Å². The molecular weight excluding hydrogens is 209 g/mol. The summed E-state index contributed by atoms with van der Waals surface area (Å²) >= 11 is 0. The molecule has 16 heavy (non-hydrogen) atoms. The van der Waals surface area contributed by atoms with E-state index in [1.54, 1.807) is 25.1 Å². The summed E-state index contributed by atoms with van der Waals surface area (Å²) in [7, 11) is 0. The summed E-state index contributed by atoms with van der Waals surface area (Å²) < 4.78 is 17.5. The van der Waals surface area contributed by atoms with Crippen molar-refractivity contribution in [2.75, 3.05) is 12.3 Å². The minimum atomic E-state index is -0.375. The summed E-state index contributed by atoms with van der Waals surface area (Å²) in [5, 5.41) is 0. The van der Waals surface area contributed by atoms with Crippen LogP contribution in [0.15, 0.2) is 24.3 Å². The van der Waals surface area contributed by atoms with Crippen molar-refractivity contribution in [2.45, 2.75) is 13.3 Å². The lowest BCUT2D eigenvalue weighted by molar-refractivity contribution is -0.142. The van der Waals surface area contributed by atoms with Gasteiger partial charge in [-0.2, -0.15) is 0 Å². The molecule has 4 heteroatoms. The lowest BCUT2D eigenvalue weighted by Crippen LogP contribution is -2.01. The van der Waals surface area contributed by atoms with Crippen LogP contribution in [-0.2, 0) is 9.53 Å². The molecule has 0 aliphatic heterocycles. The van der Waals surface area contributed by atoms with Crippen molar-refractivity contribution in [3.8, 4) is 0 Å². The highest BCUT2D eigenvalue weighted by molar-refractivity contribution is 5.73. The summed E-state index contributed by atoms with van der Waals surface area (Å²) in [6.45, 7) is 2.12. The van der Waals surface area contributed by atoms with E-state index in [1.165, 1.54) is 12.1 Å². The van der Waals surface area contributed by atoms with Gasteiger partial charge in [-0.15, -0.1) is 0 Å². The Morgan fingerprint density at radius 3 is 2.94 bits per heavy atom. The van der Waals surface area contributed by atoms with E-state index in [1.807, 2.05) is 0 Å². The summed E-state index contributed by atoms with van der Waals surface area (Å²) in [5.74, 6) is -0.667. The largest absolute Gasteiger partial charge is 0.466 e. The first-order valence-corrected chi connectivity index (χ1v) is 5.00. The second kappa shape index (κ2) is 5.90. The molecule has 0 unspecified atom stereocenters. The van der Waals surface area contributed by atoms with Crippen LogP contribution in [0, 0.1) is 5.82 Å². The van der Waals surface area contributed by atoms with Gasteiger partial charge in [-0.25, -0.2) is 4.39 Å². The smallest absolute Gasteiger partial charge is 0.309 e. The molecule has 1 aromatic carbocycles. The van der Waals surface area contributed by atoms with Crippen LogP contribution in [0.25, 0.3) is 6.08 Å². The molecule has 1 rings (SSSR count). The molecule has 1 aromatic rings. The van der Waals surface area contributed by atoms with Crippen molar-refractivity contribution in [3.05, 3.63) is 35.7 Å². The van der Waals surface area contributed by atoms with Crippen LogP contribution in [-0.4, -0.2) is 12.6 Å². The monoisotopic (exact) mass is 223 g/mol. The summed E-state index contributed by atoms with van der Waals surface area (Å²) in [6.07, 6.45) is 3.50. The number of esters is 1. The lowest BCUT2D eigenvalue weighted by atomic mass is 10.1. The Labute approximate surface area is 93.7 Å². The van der Waals surface area contributed by atoms with Gasteiger partial charge in [-0.1, -0.05) is 18.2 Å². The molecular formula is C12H14FNO2. The first-order valence-electron chi connectivity index (χ1n) is 5.00. The maximum atomic E-state index is 12.7. The first kappa shape index (κ1) is 12.2. The number of halogens is 1. The van der Waals surface area contributed by atoms with Crippen LogP contribution in [0.5, 0.6) is 0 Å². The van der Waals surface area contributed by atoms with Crippen molar-refractivity contribution < 1.29 is 13.9 Å². The normalized spacial score (nSPS) is 10.6. The van der Waals surface area contributed by atoms with Crippen molar-refractivity contribution >= 4 is 17.7 Å². The molecule has 0 amide bonds. The van der Waals surface area contributed by atoms with E-state index in [2.05, 4.69) is 0 Å². The highest BCUT2D eigenvalue weighted by Crippen LogP contribution is 2.15. The topological polar surface area (TPSA) is 52.3 Å². The molecule has 0 spiro atoms. The Morgan fingerprint density at radius 1 is 1.56 bits per heavy atom. The molecule has 3 nitrogen and oxygen atoms in total. The SMILES string of the molecule is CCOC(=O)CC=Cc1ccc(F)cc1N. The summed E-state index contributed by atoms with van der Waals surface area (Å²) in [6, 6.07) is 4.12. The van der Waals surface area contributed by atoms with E-state index in [9.17, 15) is 9.18 Å². The van der Waals surface area contributed by atoms with Crippen LogP contribution in [0.3, 0.4) is 0 Å². The van der Waals surface area contributed by atoms with Gasteiger partial charge in [0.2, 0.25) is 0 Å². The van der Waals surface area contributed by atoms with Gasteiger partial charge in [0.15, 0.2) is 0 Å². The van der Waals surface area contributed by atoms with E-state index in [0.717, 1.165) is 0 Å². The third-order valence-corrected chi connectivity index (χ3v) is 1.94. The fourth-order valence-electron chi connectivity index (χ4n) is 1.20. The van der Waals surface area contributed by atoms with Gasteiger partial charge in [-0.3, -0.25) is 4.79 Å². The van der Waals surface area contributed by atoms with Crippen molar-refractivity contribution in [3.63, 3.8) is 0 Å². The molecule has 0 saturated carbocycles. The van der Waals surface area contributed by atoms with Crippen LogP contribution in [0.4, 0.5) is 10.1 Å². The van der Waals surface area contributed by atoms with E-state index < -0.39 is 0 Å². The Kier molecular flexibility index (Phi) is 4.51. The zero-order chi connectivity index (χ0) is 12.0. The third kappa shape index (κ3) is 3.73. The summed E-state index contributed by atoms with van der Waals surface area (Å²) in [4.78, 5) is 11.0. The molecule has 0 heterocycles. The summed E-state index contributed by atoms with van der Waals surface area (Å²) in [5.41, 5.74) is 6.62. The van der Waals surface area contributed by atoms with Crippen LogP contribution >= 0.6 is 0 Å². The number of ether oxygens (including phenoxy) is 1. The van der Waals surface area contributed by atoms with Gasteiger partial charge in [0.05, 0.1) is 13.0 Å². The van der Waals surface area contributed by atoms with Crippen LogP contribution in [0.2, 0.25) is 0 Å². The van der Waals surface area contributed by atoms with Crippen LogP contribution in [0.1, 0.15) is 18.9 Å². The molecule has 0 aromatic heterocycles. The minimum absolute atomic E-state index is 0.185. The van der Waals surface area contributed by atoms with Crippen molar-refractivity contribution in [1.29, 1.82) is 0 Å². The maximum absolute atomic E-state index is 12.7. The fraction of sp³-hybridized carbons (Fsp3) is 0.250. The zero-order valence-corrected chi connectivity index (χ0v) is 9.07. The molecule has 0 aliphatic carbocycles. The second-order valence-electron chi connectivity index (χ2n) is 3.18. The maximum Gasteiger partial charge on any atom is 0.309 e. The number of carbonyl (C=O) groups excluding carboxylic acids is 1. The van der Waals surface area contributed by atoms with E-state index in [0.29, 0.717) is 17.9 Å². The Hall–Kier alpha value is -1.84. The number of hydrogen-bond donors (Lipinski definition) is 1. The predicted octanol–water partition coefficient (Wildman–Crippen LogP) is 2.37. The van der Waals surface area contributed by atoms with Crippen molar-refractivity contribution in [1.82, 2.24) is 0 Å². The molecule has 0 bridgehead atoms. The number of anilines is 1. The fourth-order valence-corrected chi connectivity index (χ4v) is 1.20. The van der Waals surface area contributed by atoms with E-state index in [-0.39, 0.29) is 18.2 Å². The molecule has 0 fully saturated rings. The molecule has 0 saturated heterocycles. The number of benzene rings is 1. The van der Waals surface area contributed by atoms with Gasteiger partial charge in [0.25, 0.3) is 0 Å². The average Bonchev–Trinajstić information content (AvgIpc) is 2.22.